The third-order valence-electron chi connectivity index (χ3n) is 5.32. The zero-order chi connectivity index (χ0) is 17.9. The van der Waals surface area contributed by atoms with E-state index in [4.69, 9.17) is 10.3 Å². The molecule has 1 aromatic carbocycles. The van der Waals surface area contributed by atoms with Gasteiger partial charge in [-0.1, -0.05) is 55.2 Å². The molecule has 1 aliphatic heterocycles. The van der Waals surface area contributed by atoms with Gasteiger partial charge in [0.1, 0.15) is 12.6 Å². The first kappa shape index (κ1) is 17.3. The number of benzene rings is 1. The predicted molar refractivity (Wildman–Crippen MR) is 91.6 cm³/mol. The van der Waals surface area contributed by atoms with Gasteiger partial charge in [0.2, 0.25) is 5.91 Å². The summed E-state index contributed by atoms with van der Waals surface area (Å²) in [6.45, 7) is 2.13. The number of carbonyl (C=O) groups is 2. The Morgan fingerprint density at radius 3 is 2.72 bits per heavy atom. The second kappa shape index (κ2) is 7.15. The van der Waals surface area contributed by atoms with Crippen molar-refractivity contribution in [1.29, 1.82) is 0 Å². The van der Waals surface area contributed by atoms with Crippen molar-refractivity contribution < 1.29 is 14.3 Å². The van der Waals surface area contributed by atoms with E-state index in [2.05, 4.69) is 10.0 Å². The van der Waals surface area contributed by atoms with E-state index < -0.39 is 23.5 Å². The maximum absolute atomic E-state index is 13.1. The maximum atomic E-state index is 13.1. The average Bonchev–Trinajstić information content (AvgIpc) is 3.20. The summed E-state index contributed by atoms with van der Waals surface area (Å²) in [6, 6.07) is 8.42. The molecule has 3 rings (SSSR count). The highest BCUT2D eigenvalue weighted by atomic mass is 16.6. The molecule has 0 unspecified atom stereocenters. The number of carbonyl (C=O) groups excluding carboxylic acids is 2. The van der Waals surface area contributed by atoms with Crippen LogP contribution in [0, 0.1) is 5.41 Å². The number of rotatable bonds is 5. The summed E-state index contributed by atoms with van der Waals surface area (Å²) in [7, 11) is 0. The number of cyclic esters (lactones) is 1. The van der Waals surface area contributed by atoms with Crippen molar-refractivity contribution in [3.05, 3.63) is 46.3 Å². The molecule has 1 aliphatic carbocycles. The number of imide groups is 1. The molecule has 1 saturated carbocycles. The van der Waals surface area contributed by atoms with E-state index in [1.165, 1.54) is 0 Å². The topological polar surface area (TPSA) is 95.4 Å². The summed E-state index contributed by atoms with van der Waals surface area (Å²) in [6.07, 6.45) is 3.50. The van der Waals surface area contributed by atoms with E-state index in [9.17, 15) is 9.59 Å². The lowest BCUT2D eigenvalue weighted by Crippen LogP contribution is -2.49. The van der Waals surface area contributed by atoms with E-state index in [0.717, 1.165) is 36.1 Å². The van der Waals surface area contributed by atoms with Gasteiger partial charge in [-0.25, -0.2) is 9.69 Å². The monoisotopic (exact) mass is 342 g/mol. The molecule has 0 bridgehead atoms. The van der Waals surface area contributed by atoms with Crippen molar-refractivity contribution in [1.82, 2.24) is 4.90 Å². The van der Waals surface area contributed by atoms with Crippen LogP contribution in [-0.4, -0.2) is 35.6 Å². The predicted octanol–water partition coefficient (Wildman–Crippen LogP) is 3.84. The Balaban J connectivity index is 1.84. The van der Waals surface area contributed by atoms with Gasteiger partial charge in [-0.15, -0.1) is 0 Å². The number of azide groups is 1. The Morgan fingerprint density at radius 1 is 1.40 bits per heavy atom. The van der Waals surface area contributed by atoms with E-state index >= 15 is 0 Å². The molecule has 1 saturated heterocycles. The van der Waals surface area contributed by atoms with Crippen LogP contribution in [0.2, 0.25) is 0 Å². The molecule has 7 nitrogen and oxygen atoms in total. The van der Waals surface area contributed by atoms with Gasteiger partial charge in [-0.3, -0.25) is 4.79 Å². The van der Waals surface area contributed by atoms with Gasteiger partial charge in [0.05, 0.1) is 6.04 Å². The van der Waals surface area contributed by atoms with Gasteiger partial charge in [0, 0.05) is 4.91 Å². The van der Waals surface area contributed by atoms with Crippen LogP contribution >= 0.6 is 0 Å². The van der Waals surface area contributed by atoms with Crippen LogP contribution in [0.5, 0.6) is 0 Å². The van der Waals surface area contributed by atoms with Gasteiger partial charge >= 0.3 is 6.09 Å². The summed E-state index contributed by atoms with van der Waals surface area (Å²) in [5, 5.41) is 3.78. The average molecular weight is 342 g/mol. The van der Waals surface area contributed by atoms with Crippen LogP contribution in [0.25, 0.3) is 10.4 Å². The summed E-state index contributed by atoms with van der Waals surface area (Å²) in [5.41, 5.74) is 9.57. The molecule has 0 aromatic heterocycles. The highest BCUT2D eigenvalue weighted by Crippen LogP contribution is 2.43. The molecule has 2 aliphatic rings. The minimum Gasteiger partial charge on any atom is -0.447 e. The lowest BCUT2D eigenvalue weighted by atomic mass is 9.80. The van der Waals surface area contributed by atoms with E-state index in [1.807, 2.05) is 37.3 Å². The fraction of sp³-hybridized carbons (Fsp3) is 0.556. The molecule has 0 N–H and O–H groups in total. The normalized spacial score (nSPS) is 23.0. The minimum atomic E-state index is -0.871. The van der Waals surface area contributed by atoms with Crippen LogP contribution in [0.4, 0.5) is 4.79 Å². The minimum absolute atomic E-state index is 0.166. The van der Waals surface area contributed by atoms with Gasteiger partial charge < -0.3 is 4.74 Å². The third kappa shape index (κ3) is 3.46. The van der Waals surface area contributed by atoms with Crippen LogP contribution in [0.15, 0.2) is 35.4 Å². The quantitative estimate of drug-likeness (QED) is 0.462. The summed E-state index contributed by atoms with van der Waals surface area (Å²) >= 11 is 0. The zero-order valence-electron chi connectivity index (χ0n) is 14.3. The molecule has 132 valence electrons. The standard InChI is InChI=1S/C18H22N4O3/c1-18(9-5-6-10-18)15(20-21-19)16(23)22-14(12-25-17(22)24)11-13-7-3-2-4-8-13/h2-4,7-8,14-15H,5-6,9-12H2,1H3/t14-,15+/m0/s1. The molecule has 1 aromatic rings. The van der Waals surface area contributed by atoms with Gasteiger partial charge in [-0.05, 0) is 35.8 Å². The molecule has 2 amide bonds. The van der Waals surface area contributed by atoms with Crippen LogP contribution in [0.1, 0.15) is 38.2 Å². The van der Waals surface area contributed by atoms with Crippen molar-refractivity contribution >= 4 is 12.0 Å². The lowest BCUT2D eigenvalue weighted by Gasteiger charge is -2.32. The number of ether oxygens (including phenoxy) is 1. The summed E-state index contributed by atoms with van der Waals surface area (Å²) < 4.78 is 5.13. The Morgan fingerprint density at radius 2 is 2.08 bits per heavy atom. The second-order valence-electron chi connectivity index (χ2n) is 7.10. The van der Waals surface area contributed by atoms with Crippen molar-refractivity contribution in [2.45, 2.75) is 51.1 Å². The van der Waals surface area contributed by atoms with Gasteiger partial charge in [0.25, 0.3) is 0 Å². The van der Waals surface area contributed by atoms with E-state index in [0.29, 0.717) is 6.42 Å². The fourth-order valence-corrected chi connectivity index (χ4v) is 3.89. The fourth-order valence-electron chi connectivity index (χ4n) is 3.89. The molecule has 1 heterocycles. The summed E-state index contributed by atoms with van der Waals surface area (Å²) in [4.78, 5) is 29.3. The number of hydrogen-bond acceptors (Lipinski definition) is 4. The van der Waals surface area contributed by atoms with E-state index in [-0.39, 0.29) is 12.6 Å². The first-order chi connectivity index (χ1) is 12.0. The molecule has 25 heavy (non-hydrogen) atoms. The first-order valence-electron chi connectivity index (χ1n) is 8.63. The second-order valence-corrected chi connectivity index (χ2v) is 7.10. The van der Waals surface area contributed by atoms with Gasteiger partial charge in [-0.2, -0.15) is 0 Å². The number of amides is 2. The lowest BCUT2D eigenvalue weighted by molar-refractivity contribution is -0.133. The van der Waals surface area contributed by atoms with Gasteiger partial charge in [0.15, 0.2) is 0 Å². The maximum Gasteiger partial charge on any atom is 0.416 e. The van der Waals surface area contributed by atoms with Crippen molar-refractivity contribution in [2.24, 2.45) is 10.5 Å². The van der Waals surface area contributed by atoms with Crippen LogP contribution in [0.3, 0.4) is 0 Å². The zero-order valence-corrected chi connectivity index (χ0v) is 14.3. The number of hydrogen-bond donors (Lipinski definition) is 0. The van der Waals surface area contributed by atoms with Crippen LogP contribution < -0.4 is 0 Å². The Hall–Kier alpha value is -2.53. The highest BCUT2D eigenvalue weighted by Gasteiger charge is 2.47. The number of nitrogens with zero attached hydrogens (tertiary/aromatic N) is 4. The molecule has 2 fully saturated rings. The third-order valence-corrected chi connectivity index (χ3v) is 5.32. The Labute approximate surface area is 146 Å². The Bertz CT molecular complexity index is 694. The molecule has 0 radical (unpaired) electrons. The largest absolute Gasteiger partial charge is 0.447 e. The first-order valence-corrected chi connectivity index (χ1v) is 8.63. The SMILES string of the molecule is CC1([C@H](N=[N+]=[N-])C(=O)N2C(=O)OC[C@@H]2Cc2ccccc2)CCCC1. The van der Waals surface area contributed by atoms with Crippen molar-refractivity contribution in [2.75, 3.05) is 6.61 Å². The molecular formula is C18H22N4O3. The van der Waals surface area contributed by atoms with Crippen molar-refractivity contribution in [3.8, 4) is 0 Å². The summed E-state index contributed by atoms with van der Waals surface area (Å²) in [5.74, 6) is -0.439. The smallest absolute Gasteiger partial charge is 0.416 e. The molecule has 0 spiro atoms. The van der Waals surface area contributed by atoms with Crippen molar-refractivity contribution in [3.63, 3.8) is 0 Å². The van der Waals surface area contributed by atoms with Crippen LogP contribution in [-0.2, 0) is 16.0 Å². The molecular weight excluding hydrogens is 320 g/mol. The molecule has 7 heteroatoms. The molecule has 2 atom stereocenters. The Kier molecular flexibility index (Phi) is 4.95. The highest BCUT2D eigenvalue weighted by molar-refractivity contribution is 5.97. The van der Waals surface area contributed by atoms with E-state index in [1.54, 1.807) is 0 Å².